The van der Waals surface area contributed by atoms with Gasteiger partial charge in [-0.2, -0.15) is 0 Å². The molecule has 0 bridgehead atoms. The maximum absolute atomic E-state index is 11.5. The Morgan fingerprint density at radius 3 is 2.48 bits per heavy atom. The lowest BCUT2D eigenvalue weighted by Gasteiger charge is -2.02. The third kappa shape index (κ3) is 5.53. The van der Waals surface area contributed by atoms with Crippen LogP contribution in [0.1, 0.15) is 17.5 Å². The maximum Gasteiger partial charge on any atom is 0.330 e. The van der Waals surface area contributed by atoms with Gasteiger partial charge in [-0.05, 0) is 42.2 Å². The van der Waals surface area contributed by atoms with Crippen molar-refractivity contribution < 1.29 is 14.6 Å². The number of phenols is 1. The van der Waals surface area contributed by atoms with E-state index in [1.54, 1.807) is 30.3 Å². The molecule has 0 atom stereocenters. The van der Waals surface area contributed by atoms with Gasteiger partial charge in [0.1, 0.15) is 5.75 Å². The number of hydrogen-bond donors (Lipinski definition) is 1. The zero-order valence-corrected chi connectivity index (χ0v) is 11.7. The van der Waals surface area contributed by atoms with Crippen molar-refractivity contribution in [1.82, 2.24) is 0 Å². The van der Waals surface area contributed by atoms with E-state index in [0.717, 1.165) is 18.4 Å². The predicted octanol–water partition coefficient (Wildman–Crippen LogP) is 3.58. The minimum atomic E-state index is -0.351. The summed E-state index contributed by atoms with van der Waals surface area (Å²) >= 11 is 0. The number of carbonyl (C=O) groups is 1. The van der Waals surface area contributed by atoms with Crippen molar-refractivity contribution >= 4 is 12.0 Å². The minimum Gasteiger partial charge on any atom is -0.508 e. The van der Waals surface area contributed by atoms with Crippen LogP contribution < -0.4 is 0 Å². The first-order valence-corrected chi connectivity index (χ1v) is 6.92. The van der Waals surface area contributed by atoms with Crippen molar-refractivity contribution in [3.63, 3.8) is 0 Å². The number of aryl methyl sites for hydroxylation is 1. The number of benzene rings is 2. The molecule has 0 heterocycles. The first kappa shape index (κ1) is 14.9. The van der Waals surface area contributed by atoms with E-state index in [-0.39, 0.29) is 11.7 Å². The van der Waals surface area contributed by atoms with Gasteiger partial charge in [0.25, 0.3) is 0 Å². The average molecular weight is 282 g/mol. The molecule has 108 valence electrons. The Balaban J connectivity index is 1.69. The summed E-state index contributed by atoms with van der Waals surface area (Å²) in [6.07, 6.45) is 4.77. The summed E-state index contributed by atoms with van der Waals surface area (Å²) in [4.78, 5) is 11.5. The van der Waals surface area contributed by atoms with E-state index in [9.17, 15) is 4.79 Å². The fraction of sp³-hybridized carbons (Fsp3) is 0.167. The molecule has 0 fully saturated rings. The van der Waals surface area contributed by atoms with Crippen LogP contribution in [0.5, 0.6) is 5.75 Å². The van der Waals surface area contributed by atoms with Crippen molar-refractivity contribution in [2.75, 3.05) is 6.61 Å². The second-order valence-corrected chi connectivity index (χ2v) is 4.68. The fourth-order valence-electron chi connectivity index (χ4n) is 1.89. The highest BCUT2D eigenvalue weighted by atomic mass is 16.5. The molecule has 2 rings (SSSR count). The van der Waals surface area contributed by atoms with E-state index >= 15 is 0 Å². The Bertz CT molecular complexity index is 586. The third-order valence-corrected chi connectivity index (χ3v) is 3.00. The van der Waals surface area contributed by atoms with Crippen LogP contribution >= 0.6 is 0 Å². The number of aromatic hydroxyl groups is 1. The Hall–Kier alpha value is -2.55. The van der Waals surface area contributed by atoms with E-state index < -0.39 is 0 Å². The standard InChI is InChI=1S/C18H18O3/c19-17-11-8-16(9-12-17)10-13-18(20)21-14-4-7-15-5-2-1-3-6-15/h1-3,5-6,8-13,19H,4,7,14H2/b13-10+. The normalized spacial score (nSPS) is 10.7. The van der Waals surface area contributed by atoms with Gasteiger partial charge >= 0.3 is 5.97 Å². The molecule has 3 nitrogen and oxygen atoms in total. The molecule has 0 aliphatic carbocycles. The topological polar surface area (TPSA) is 46.5 Å². The van der Waals surface area contributed by atoms with Crippen molar-refractivity contribution in [3.8, 4) is 5.75 Å². The molecular formula is C18H18O3. The summed E-state index contributed by atoms with van der Waals surface area (Å²) in [7, 11) is 0. The molecule has 0 saturated heterocycles. The molecule has 2 aromatic carbocycles. The quantitative estimate of drug-likeness (QED) is 0.500. The fourth-order valence-corrected chi connectivity index (χ4v) is 1.89. The van der Waals surface area contributed by atoms with Crippen LogP contribution in [0.4, 0.5) is 0 Å². The van der Waals surface area contributed by atoms with E-state index in [1.165, 1.54) is 11.6 Å². The molecular weight excluding hydrogens is 264 g/mol. The van der Waals surface area contributed by atoms with Gasteiger partial charge in [-0.15, -0.1) is 0 Å². The summed E-state index contributed by atoms with van der Waals surface area (Å²) in [5.74, 6) is -0.147. The molecule has 0 saturated carbocycles. The lowest BCUT2D eigenvalue weighted by atomic mass is 10.1. The zero-order valence-electron chi connectivity index (χ0n) is 11.7. The Kier molecular flexibility index (Phi) is 5.59. The number of ether oxygens (including phenoxy) is 1. The molecule has 0 aliphatic heterocycles. The van der Waals surface area contributed by atoms with Crippen LogP contribution in [-0.2, 0) is 16.0 Å². The molecule has 3 heteroatoms. The Labute approximate surface area is 124 Å². The first-order chi connectivity index (χ1) is 10.2. The van der Waals surface area contributed by atoms with Gasteiger partial charge in [0.15, 0.2) is 0 Å². The number of phenolic OH excluding ortho intramolecular Hbond substituents is 1. The molecule has 0 radical (unpaired) electrons. The molecule has 0 unspecified atom stereocenters. The lowest BCUT2D eigenvalue weighted by Crippen LogP contribution is -2.03. The largest absolute Gasteiger partial charge is 0.508 e. The summed E-state index contributed by atoms with van der Waals surface area (Å²) in [5, 5.41) is 9.16. The average Bonchev–Trinajstić information content (AvgIpc) is 2.52. The van der Waals surface area contributed by atoms with Crippen molar-refractivity contribution in [2.45, 2.75) is 12.8 Å². The Morgan fingerprint density at radius 1 is 1.05 bits per heavy atom. The summed E-state index contributed by atoms with van der Waals surface area (Å²) in [5.41, 5.74) is 2.09. The van der Waals surface area contributed by atoms with E-state index in [4.69, 9.17) is 9.84 Å². The highest BCUT2D eigenvalue weighted by Gasteiger charge is 1.98. The smallest absolute Gasteiger partial charge is 0.330 e. The van der Waals surface area contributed by atoms with Gasteiger partial charge in [0, 0.05) is 6.08 Å². The van der Waals surface area contributed by atoms with E-state index in [0.29, 0.717) is 6.61 Å². The monoisotopic (exact) mass is 282 g/mol. The van der Waals surface area contributed by atoms with Gasteiger partial charge in [-0.25, -0.2) is 4.79 Å². The molecule has 0 spiro atoms. The second kappa shape index (κ2) is 7.90. The van der Waals surface area contributed by atoms with Gasteiger partial charge in [-0.3, -0.25) is 0 Å². The van der Waals surface area contributed by atoms with Crippen molar-refractivity contribution in [3.05, 3.63) is 71.8 Å². The molecule has 0 amide bonds. The van der Waals surface area contributed by atoms with Crippen LogP contribution in [0.15, 0.2) is 60.7 Å². The SMILES string of the molecule is O=C(/C=C/c1ccc(O)cc1)OCCCc1ccccc1. The summed E-state index contributed by atoms with van der Waals surface area (Å²) in [6.45, 7) is 0.410. The number of rotatable bonds is 6. The molecule has 1 N–H and O–H groups in total. The van der Waals surface area contributed by atoms with Crippen LogP contribution in [-0.4, -0.2) is 17.7 Å². The predicted molar refractivity (Wildman–Crippen MR) is 82.9 cm³/mol. The highest BCUT2D eigenvalue weighted by Crippen LogP contribution is 2.10. The van der Waals surface area contributed by atoms with E-state index in [1.807, 2.05) is 18.2 Å². The zero-order chi connectivity index (χ0) is 14.9. The van der Waals surface area contributed by atoms with Crippen molar-refractivity contribution in [2.24, 2.45) is 0 Å². The lowest BCUT2D eigenvalue weighted by molar-refractivity contribution is -0.137. The summed E-state index contributed by atoms with van der Waals surface area (Å²) in [6, 6.07) is 16.7. The minimum absolute atomic E-state index is 0.204. The number of carbonyl (C=O) groups excluding carboxylic acids is 1. The molecule has 21 heavy (non-hydrogen) atoms. The molecule has 2 aromatic rings. The van der Waals surface area contributed by atoms with Crippen LogP contribution in [0.3, 0.4) is 0 Å². The summed E-state index contributed by atoms with van der Waals surface area (Å²) < 4.78 is 5.13. The molecule has 0 aliphatic rings. The molecule has 0 aromatic heterocycles. The van der Waals surface area contributed by atoms with Crippen LogP contribution in [0, 0.1) is 0 Å². The number of esters is 1. The van der Waals surface area contributed by atoms with Crippen LogP contribution in [0.25, 0.3) is 6.08 Å². The van der Waals surface area contributed by atoms with Gasteiger partial charge in [-0.1, -0.05) is 42.5 Å². The maximum atomic E-state index is 11.5. The van der Waals surface area contributed by atoms with Gasteiger partial charge in [0.2, 0.25) is 0 Å². The van der Waals surface area contributed by atoms with E-state index in [2.05, 4.69) is 12.1 Å². The number of hydrogen-bond acceptors (Lipinski definition) is 3. The van der Waals surface area contributed by atoms with Gasteiger partial charge in [0.05, 0.1) is 6.61 Å². The first-order valence-electron chi connectivity index (χ1n) is 6.92. The van der Waals surface area contributed by atoms with Gasteiger partial charge < -0.3 is 9.84 Å². The highest BCUT2D eigenvalue weighted by molar-refractivity contribution is 5.87. The van der Waals surface area contributed by atoms with Crippen LogP contribution in [0.2, 0.25) is 0 Å². The van der Waals surface area contributed by atoms with Crippen molar-refractivity contribution in [1.29, 1.82) is 0 Å². The second-order valence-electron chi connectivity index (χ2n) is 4.68. The third-order valence-electron chi connectivity index (χ3n) is 3.00. The Morgan fingerprint density at radius 2 is 1.76 bits per heavy atom.